The van der Waals surface area contributed by atoms with Crippen LogP contribution < -0.4 is 0 Å². The molecule has 0 rings (SSSR count). The van der Waals surface area contributed by atoms with Crippen LogP contribution in [-0.4, -0.2) is 41.1 Å². The van der Waals surface area contributed by atoms with Crippen molar-refractivity contribution in [3.05, 3.63) is 28.4 Å². The van der Waals surface area contributed by atoms with Gasteiger partial charge in [0.15, 0.2) is 0 Å². The van der Waals surface area contributed by atoms with Gasteiger partial charge in [0.1, 0.15) is 0 Å². The van der Waals surface area contributed by atoms with Crippen molar-refractivity contribution < 1.29 is 23.9 Å². The average Bonchev–Trinajstić information content (AvgIpc) is 2.32. The maximum Gasteiger partial charge on any atom is 0.333 e. The molecule has 0 aliphatic heterocycles. The minimum absolute atomic E-state index is 0.305. The highest BCUT2D eigenvalue weighted by molar-refractivity contribution is 6.08. The molecule has 0 bridgehead atoms. The largest absolute Gasteiger partial charge is 0.724 e. The van der Waals surface area contributed by atoms with Gasteiger partial charge in [0.05, 0.1) is 6.61 Å². The number of rotatable bonds is 4. The summed E-state index contributed by atoms with van der Waals surface area (Å²) in [6.45, 7) is 5.55. The quantitative estimate of drug-likeness (QED) is 0.186. The van der Waals surface area contributed by atoms with E-state index in [1.807, 2.05) is 0 Å². The topological polar surface area (TPSA) is 144 Å². The minimum Gasteiger partial charge on any atom is -0.724 e. The van der Waals surface area contributed by atoms with Gasteiger partial charge in [0.2, 0.25) is 0 Å². The summed E-state index contributed by atoms with van der Waals surface area (Å²) < 4.78 is 4.77. The van der Waals surface area contributed by atoms with Gasteiger partial charge in [-0.15, -0.1) is 0 Å². The average molecular weight is 281 g/mol. The van der Waals surface area contributed by atoms with E-state index in [1.54, 1.807) is 6.92 Å². The lowest BCUT2D eigenvalue weighted by molar-refractivity contribution is -0.138. The third kappa shape index (κ3) is 66.4. The van der Waals surface area contributed by atoms with E-state index in [2.05, 4.69) is 16.8 Å². The normalized spacial score (nSPS) is 6.00. The predicted octanol–water partition coefficient (Wildman–Crippen LogP) is 0.757. The van der Waals surface area contributed by atoms with E-state index in [1.165, 1.54) is 0 Å². The zero-order valence-electron chi connectivity index (χ0n) is 10.2. The maximum atomic E-state index is 10.7. The minimum atomic E-state index is -0.305. The summed E-state index contributed by atoms with van der Waals surface area (Å²) >= 11 is 0. The van der Waals surface area contributed by atoms with Gasteiger partial charge in [-0.05, 0) is 31.6 Å². The van der Waals surface area contributed by atoms with Crippen LogP contribution in [0.1, 0.15) is 13.3 Å². The van der Waals surface area contributed by atoms with Gasteiger partial charge in [0, 0.05) is 15.8 Å². The summed E-state index contributed by atoms with van der Waals surface area (Å²) in [5.74, 6) is -0.305. The van der Waals surface area contributed by atoms with Gasteiger partial charge < -0.3 is 21.0 Å². The Morgan fingerprint density at radius 2 is 1.47 bits per heavy atom. The summed E-state index contributed by atoms with van der Waals surface area (Å²) in [7, 11) is 3.27. The van der Waals surface area contributed by atoms with Gasteiger partial charge in [-0.25, -0.2) is 4.79 Å². The Hall–Kier alpha value is -2.43. The van der Waals surface area contributed by atoms with Crippen molar-refractivity contribution in [3.63, 3.8) is 0 Å². The molecular weight excluding hydrogens is 270 g/mol. The first-order chi connectivity index (χ1) is 8.92. The van der Waals surface area contributed by atoms with Crippen molar-refractivity contribution in [1.29, 1.82) is 0 Å². The number of ether oxygens (including phenoxy) is 1. The number of hydrogen-bond acceptors (Lipinski definition) is 5. The molecule has 0 atom stereocenters. The molecule has 0 aromatic rings. The Morgan fingerprint density at radius 1 is 1.16 bits per heavy atom. The number of carbonyl (C=O) groups is 1. The Kier molecular flexibility index (Phi) is 39.6. The molecule has 3 radical (unpaired) electrons. The van der Waals surface area contributed by atoms with E-state index < -0.39 is 0 Å². The van der Waals surface area contributed by atoms with Crippen LogP contribution in [-0.2, 0) is 23.9 Å². The summed E-state index contributed by atoms with van der Waals surface area (Å²) in [5.41, 5.74) is 0.453. The standard InChI is InChI=1S/C7H11O2Si.3CNO/c1-6(2)7(8)9-4-3-5-10;3*2-1-3/h1,3-5H2,2H3;;;/q;3*-1. The Morgan fingerprint density at radius 3 is 1.68 bits per heavy atom. The molecule has 103 valence electrons. The number of hydrogen-bond donors (Lipinski definition) is 0. The first-order valence-electron chi connectivity index (χ1n) is 4.44. The van der Waals surface area contributed by atoms with Crippen LogP contribution in [0.3, 0.4) is 0 Å². The Balaban J connectivity index is -0.000000103. The van der Waals surface area contributed by atoms with Crippen LogP contribution in [0.25, 0.3) is 16.2 Å². The lowest BCUT2D eigenvalue weighted by Gasteiger charge is -2.01. The summed E-state index contributed by atoms with van der Waals surface area (Å²) in [5, 5.41) is 20.3. The predicted molar refractivity (Wildman–Crippen MR) is 68.1 cm³/mol. The second kappa shape index (κ2) is 29.6. The van der Waals surface area contributed by atoms with Crippen molar-refractivity contribution in [2.24, 2.45) is 0 Å². The fraction of sp³-hybridized carbons (Fsp3) is 0.400. The third-order valence-electron chi connectivity index (χ3n) is 0.903. The molecular formula is C10H11N3O5Si-3. The second-order valence-electron chi connectivity index (χ2n) is 2.29. The van der Waals surface area contributed by atoms with E-state index in [0.717, 1.165) is 12.5 Å². The van der Waals surface area contributed by atoms with Gasteiger partial charge in [-0.3, -0.25) is 14.4 Å². The molecule has 19 heavy (non-hydrogen) atoms. The maximum absolute atomic E-state index is 10.7. The van der Waals surface area contributed by atoms with E-state index in [-0.39, 0.29) is 5.97 Å². The van der Waals surface area contributed by atoms with E-state index >= 15 is 0 Å². The fourth-order valence-corrected chi connectivity index (χ4v) is 0.505. The third-order valence-corrected chi connectivity index (χ3v) is 1.26. The smallest absolute Gasteiger partial charge is 0.333 e. The number of nitrogens with zero attached hydrogens (tertiary/aromatic N) is 3. The lowest BCUT2D eigenvalue weighted by atomic mass is 10.4. The highest BCUT2D eigenvalue weighted by Gasteiger charge is 2.00. The molecule has 0 aliphatic rings. The van der Waals surface area contributed by atoms with Crippen molar-refractivity contribution in [1.82, 2.24) is 0 Å². The number of carbonyl (C=O) groups excluding carboxylic acids is 4. The van der Waals surface area contributed by atoms with Crippen molar-refractivity contribution in [2.75, 3.05) is 6.61 Å². The highest BCUT2D eigenvalue weighted by Crippen LogP contribution is 1.93. The molecule has 0 saturated heterocycles. The molecule has 0 spiro atoms. The van der Waals surface area contributed by atoms with Crippen molar-refractivity contribution >= 4 is 34.5 Å². The first kappa shape index (κ1) is 25.4. The molecule has 8 nitrogen and oxygen atoms in total. The number of esters is 1. The Labute approximate surface area is 113 Å². The molecule has 0 aromatic heterocycles. The molecule has 0 fully saturated rings. The summed E-state index contributed by atoms with van der Waals surface area (Å²) in [6, 6.07) is 0.851. The molecule has 0 unspecified atom stereocenters. The lowest BCUT2D eigenvalue weighted by Crippen LogP contribution is -2.05. The van der Waals surface area contributed by atoms with Crippen LogP contribution in [0.2, 0.25) is 6.04 Å². The molecule has 0 aromatic carbocycles. The molecule has 0 N–H and O–H groups in total. The molecule has 0 amide bonds. The van der Waals surface area contributed by atoms with Crippen LogP contribution in [0.15, 0.2) is 12.2 Å². The van der Waals surface area contributed by atoms with Crippen LogP contribution in [0.4, 0.5) is 0 Å². The molecule has 0 heterocycles. The fourth-order valence-electron chi connectivity index (χ4n) is 0.360. The monoisotopic (exact) mass is 281 g/mol. The zero-order chi connectivity index (χ0) is 16.1. The molecule has 0 saturated carbocycles. The van der Waals surface area contributed by atoms with Crippen LogP contribution >= 0.6 is 0 Å². The molecule has 0 aliphatic carbocycles. The van der Waals surface area contributed by atoms with E-state index in [4.69, 9.17) is 35.3 Å². The van der Waals surface area contributed by atoms with Gasteiger partial charge in [0.25, 0.3) is 0 Å². The van der Waals surface area contributed by atoms with Crippen LogP contribution in [0.5, 0.6) is 0 Å². The highest BCUT2D eigenvalue weighted by atomic mass is 28.1. The van der Waals surface area contributed by atoms with Crippen molar-refractivity contribution in [3.8, 4) is 0 Å². The van der Waals surface area contributed by atoms with Gasteiger partial charge in [-0.2, -0.15) is 0 Å². The Bertz CT molecular complexity index is 311. The van der Waals surface area contributed by atoms with E-state index in [0.29, 0.717) is 30.4 Å². The SMILES string of the molecule is C=C(C)C(=O)OCCC[Si].[N-]=C=O.[N-]=C=O.[N-]=C=O. The molecule has 9 heteroatoms. The summed E-state index contributed by atoms with van der Waals surface area (Å²) in [6.07, 6.45) is 2.34. The first-order valence-corrected chi connectivity index (χ1v) is 5.14. The van der Waals surface area contributed by atoms with Gasteiger partial charge >= 0.3 is 5.97 Å². The van der Waals surface area contributed by atoms with E-state index in [9.17, 15) is 4.79 Å². The second-order valence-corrected chi connectivity index (χ2v) is 2.79. The van der Waals surface area contributed by atoms with Gasteiger partial charge in [-0.1, -0.05) is 12.6 Å². The van der Waals surface area contributed by atoms with Crippen LogP contribution in [0, 0.1) is 0 Å². The number of isocyanates is 3. The zero-order valence-corrected chi connectivity index (χ0v) is 11.2. The van der Waals surface area contributed by atoms with Crippen molar-refractivity contribution in [2.45, 2.75) is 19.4 Å². The summed E-state index contributed by atoms with van der Waals surface area (Å²) in [4.78, 5) is 35.4.